The number of benzene rings is 2. The summed E-state index contributed by atoms with van der Waals surface area (Å²) >= 11 is 0. The van der Waals surface area contributed by atoms with Crippen molar-refractivity contribution in [1.82, 2.24) is 24.8 Å². The van der Waals surface area contributed by atoms with E-state index in [-0.39, 0.29) is 11.5 Å². The van der Waals surface area contributed by atoms with Gasteiger partial charge in [0, 0.05) is 42.0 Å². The highest BCUT2D eigenvalue weighted by molar-refractivity contribution is 5.94. The van der Waals surface area contributed by atoms with Gasteiger partial charge in [-0.3, -0.25) is 9.59 Å². The number of aromatic amines is 1. The molecule has 1 amide bonds. The number of nitrogens with zero attached hydrogens (tertiary/aromatic N) is 4. The van der Waals surface area contributed by atoms with Gasteiger partial charge in [-0.25, -0.2) is 15.0 Å². The summed E-state index contributed by atoms with van der Waals surface area (Å²) in [5, 5.41) is 3.75. The van der Waals surface area contributed by atoms with E-state index in [0.29, 0.717) is 34.0 Å². The van der Waals surface area contributed by atoms with Crippen molar-refractivity contribution in [1.29, 1.82) is 0 Å². The van der Waals surface area contributed by atoms with E-state index >= 15 is 0 Å². The van der Waals surface area contributed by atoms with Gasteiger partial charge in [0.05, 0.1) is 16.6 Å². The Kier molecular flexibility index (Phi) is 5.05. The minimum absolute atomic E-state index is 0.0762. The molecule has 3 heterocycles. The second-order valence-corrected chi connectivity index (χ2v) is 8.92. The van der Waals surface area contributed by atoms with Crippen molar-refractivity contribution < 1.29 is 4.79 Å². The van der Waals surface area contributed by atoms with E-state index in [4.69, 9.17) is 0 Å². The maximum absolute atomic E-state index is 12.6. The molecule has 1 aliphatic heterocycles. The van der Waals surface area contributed by atoms with Crippen LogP contribution in [0.15, 0.2) is 59.5 Å². The van der Waals surface area contributed by atoms with Crippen LogP contribution in [0.25, 0.3) is 22.2 Å². The van der Waals surface area contributed by atoms with E-state index in [1.165, 1.54) is 0 Å². The van der Waals surface area contributed by atoms with Gasteiger partial charge in [0.15, 0.2) is 0 Å². The summed E-state index contributed by atoms with van der Waals surface area (Å²) in [5.74, 6) is 1.69. The van der Waals surface area contributed by atoms with Crippen molar-refractivity contribution in [3.8, 4) is 11.3 Å². The Balaban J connectivity index is 1.22. The highest BCUT2D eigenvalue weighted by Crippen LogP contribution is 2.38. The van der Waals surface area contributed by atoms with Gasteiger partial charge in [-0.15, -0.1) is 0 Å². The lowest BCUT2D eigenvalue weighted by Gasteiger charge is -2.15. The van der Waals surface area contributed by atoms with Crippen molar-refractivity contribution in [3.63, 3.8) is 0 Å². The zero-order valence-electron chi connectivity index (χ0n) is 18.6. The Morgan fingerprint density at radius 2 is 1.79 bits per heavy atom. The van der Waals surface area contributed by atoms with Crippen LogP contribution < -0.4 is 10.9 Å². The average Bonchev–Trinajstić information content (AvgIpc) is 3.58. The number of H-pyrrole nitrogens is 1. The summed E-state index contributed by atoms with van der Waals surface area (Å²) in [5.41, 5.74) is 3.57. The van der Waals surface area contributed by atoms with Gasteiger partial charge in [0.1, 0.15) is 5.82 Å². The lowest BCUT2D eigenvalue weighted by Crippen LogP contribution is -2.27. The minimum atomic E-state index is -0.121. The Labute approximate surface area is 196 Å². The first kappa shape index (κ1) is 20.5. The van der Waals surface area contributed by atoms with Crippen LogP contribution in [0.1, 0.15) is 47.8 Å². The highest BCUT2D eigenvalue weighted by Gasteiger charge is 2.26. The first-order valence-electron chi connectivity index (χ1n) is 11.7. The van der Waals surface area contributed by atoms with Gasteiger partial charge in [0.2, 0.25) is 5.95 Å². The smallest absolute Gasteiger partial charge is 0.258 e. The molecule has 0 unspecified atom stereocenters. The molecule has 2 N–H and O–H groups in total. The molecule has 2 aliphatic rings. The molecule has 0 atom stereocenters. The second-order valence-electron chi connectivity index (χ2n) is 8.92. The number of carbonyl (C=O) groups excluding carboxylic acids is 1. The van der Waals surface area contributed by atoms with Crippen LogP contribution in [0.3, 0.4) is 0 Å². The number of amides is 1. The molecular formula is C26H24N6O2. The number of rotatable bonds is 5. The SMILES string of the molecule is O=C(c1ccc(Nc2nccc(-c3ccc4nc(C5CC5)[nH]c(=O)c4c3)n2)cc1)N1CCCC1. The highest BCUT2D eigenvalue weighted by atomic mass is 16.2. The molecule has 1 aliphatic carbocycles. The van der Waals surface area contributed by atoms with Gasteiger partial charge in [-0.05, 0) is 68.1 Å². The van der Waals surface area contributed by atoms with Crippen molar-refractivity contribution in [2.24, 2.45) is 0 Å². The molecule has 4 aromatic rings. The molecule has 34 heavy (non-hydrogen) atoms. The molecule has 8 nitrogen and oxygen atoms in total. The third kappa shape index (κ3) is 4.03. The number of likely N-dealkylation sites (tertiary alicyclic amines) is 1. The van der Waals surface area contributed by atoms with Gasteiger partial charge < -0.3 is 15.2 Å². The number of anilines is 2. The van der Waals surface area contributed by atoms with Crippen LogP contribution >= 0.6 is 0 Å². The summed E-state index contributed by atoms with van der Waals surface area (Å²) in [7, 11) is 0. The van der Waals surface area contributed by atoms with Crippen LogP contribution in [-0.2, 0) is 0 Å². The van der Waals surface area contributed by atoms with E-state index in [1.807, 2.05) is 53.4 Å². The average molecular weight is 453 g/mol. The number of aromatic nitrogens is 4. The lowest BCUT2D eigenvalue weighted by molar-refractivity contribution is 0.0793. The standard InChI is InChI=1S/C26H24N6O2/c33-24-20-15-18(7-10-22(20)29-23(31-24)16-3-4-16)21-11-12-27-26(30-21)28-19-8-5-17(6-9-19)25(34)32-13-1-2-14-32/h5-12,15-16H,1-4,13-14H2,(H,27,28,30)(H,29,31,33). The first-order valence-corrected chi connectivity index (χ1v) is 11.7. The fraction of sp³-hybridized carbons (Fsp3) is 0.269. The number of carbonyl (C=O) groups is 1. The topological polar surface area (TPSA) is 104 Å². The summed E-state index contributed by atoms with van der Waals surface area (Å²) < 4.78 is 0. The van der Waals surface area contributed by atoms with E-state index < -0.39 is 0 Å². The van der Waals surface area contributed by atoms with E-state index in [9.17, 15) is 9.59 Å². The van der Waals surface area contributed by atoms with Crippen molar-refractivity contribution >= 4 is 28.4 Å². The number of fused-ring (bicyclic) bond motifs is 1. The first-order chi connectivity index (χ1) is 16.6. The van der Waals surface area contributed by atoms with Crippen LogP contribution in [-0.4, -0.2) is 43.8 Å². The Morgan fingerprint density at radius 1 is 1.00 bits per heavy atom. The van der Waals surface area contributed by atoms with Gasteiger partial charge >= 0.3 is 0 Å². The predicted octanol–water partition coefficient (Wildman–Crippen LogP) is 4.24. The van der Waals surface area contributed by atoms with Gasteiger partial charge in [-0.2, -0.15) is 0 Å². The van der Waals surface area contributed by atoms with E-state index in [1.54, 1.807) is 6.20 Å². The monoisotopic (exact) mass is 452 g/mol. The van der Waals surface area contributed by atoms with E-state index in [0.717, 1.165) is 55.8 Å². The van der Waals surface area contributed by atoms with Crippen molar-refractivity contribution in [2.45, 2.75) is 31.6 Å². The molecule has 8 heteroatoms. The third-order valence-corrected chi connectivity index (χ3v) is 6.42. The molecule has 2 aromatic carbocycles. The Bertz CT molecular complexity index is 1440. The van der Waals surface area contributed by atoms with Crippen LogP contribution in [0, 0.1) is 0 Å². The summed E-state index contributed by atoms with van der Waals surface area (Å²) in [6.45, 7) is 1.66. The molecule has 0 bridgehead atoms. The summed E-state index contributed by atoms with van der Waals surface area (Å²) in [6, 6.07) is 14.8. The van der Waals surface area contributed by atoms with E-state index in [2.05, 4.69) is 25.3 Å². The molecule has 1 saturated carbocycles. The number of hydrogen-bond donors (Lipinski definition) is 2. The largest absolute Gasteiger partial charge is 0.339 e. The predicted molar refractivity (Wildman–Crippen MR) is 130 cm³/mol. The molecule has 0 spiro atoms. The fourth-order valence-electron chi connectivity index (χ4n) is 4.37. The quantitative estimate of drug-likeness (QED) is 0.469. The zero-order chi connectivity index (χ0) is 23.1. The third-order valence-electron chi connectivity index (χ3n) is 6.42. The van der Waals surface area contributed by atoms with Gasteiger partial charge in [0.25, 0.3) is 11.5 Å². The van der Waals surface area contributed by atoms with Crippen LogP contribution in [0.5, 0.6) is 0 Å². The maximum atomic E-state index is 12.6. The molecular weight excluding hydrogens is 428 g/mol. The Hall–Kier alpha value is -4.07. The van der Waals surface area contributed by atoms with Crippen LogP contribution in [0.2, 0.25) is 0 Å². The summed E-state index contributed by atoms with van der Waals surface area (Å²) in [6.07, 6.45) is 5.99. The summed E-state index contributed by atoms with van der Waals surface area (Å²) in [4.78, 5) is 43.5. The lowest BCUT2D eigenvalue weighted by atomic mass is 10.1. The maximum Gasteiger partial charge on any atom is 0.258 e. The zero-order valence-corrected chi connectivity index (χ0v) is 18.6. The van der Waals surface area contributed by atoms with Crippen molar-refractivity contribution in [3.05, 3.63) is 76.5 Å². The minimum Gasteiger partial charge on any atom is -0.339 e. The Morgan fingerprint density at radius 3 is 2.56 bits per heavy atom. The van der Waals surface area contributed by atoms with Crippen molar-refractivity contribution in [2.75, 3.05) is 18.4 Å². The molecule has 1 saturated heterocycles. The molecule has 2 aromatic heterocycles. The molecule has 2 fully saturated rings. The normalized spacial score (nSPS) is 15.6. The number of hydrogen-bond acceptors (Lipinski definition) is 6. The molecule has 170 valence electrons. The van der Waals surface area contributed by atoms with Crippen LogP contribution in [0.4, 0.5) is 11.6 Å². The van der Waals surface area contributed by atoms with Gasteiger partial charge in [-0.1, -0.05) is 6.07 Å². The molecule has 0 radical (unpaired) electrons. The molecule has 6 rings (SSSR count). The number of nitrogens with one attached hydrogen (secondary N) is 2. The fourth-order valence-corrected chi connectivity index (χ4v) is 4.37. The second kappa shape index (κ2) is 8.37.